The van der Waals surface area contributed by atoms with E-state index in [1.165, 1.54) is 0 Å². The molecule has 1 aliphatic heterocycles. The molecule has 2 N–H and O–H groups in total. The molecule has 0 spiro atoms. The quantitative estimate of drug-likeness (QED) is 0.622. The van der Waals surface area contributed by atoms with Crippen LogP contribution in [0.25, 0.3) is 11.6 Å². The second kappa shape index (κ2) is 7.87. The van der Waals surface area contributed by atoms with Crippen LogP contribution in [-0.4, -0.2) is 21.6 Å². The van der Waals surface area contributed by atoms with Crippen molar-refractivity contribution in [3.8, 4) is 0 Å². The van der Waals surface area contributed by atoms with E-state index in [2.05, 4.69) is 36.5 Å². The fourth-order valence-electron chi connectivity index (χ4n) is 3.50. The van der Waals surface area contributed by atoms with Gasteiger partial charge in [0, 0.05) is 35.4 Å². The van der Waals surface area contributed by atoms with Gasteiger partial charge in [0.15, 0.2) is 0 Å². The van der Waals surface area contributed by atoms with Crippen molar-refractivity contribution in [1.29, 1.82) is 0 Å². The van der Waals surface area contributed by atoms with Crippen LogP contribution in [0.15, 0.2) is 54.6 Å². The van der Waals surface area contributed by atoms with Gasteiger partial charge in [0.05, 0.1) is 12.1 Å². The predicted octanol–water partition coefficient (Wildman–Crippen LogP) is 4.39. The first kappa shape index (κ1) is 20.6. The normalized spacial score (nSPS) is 14.5. The van der Waals surface area contributed by atoms with Crippen molar-refractivity contribution in [2.45, 2.75) is 32.6 Å². The van der Waals surface area contributed by atoms with Crippen LogP contribution in [0.5, 0.6) is 0 Å². The predicted molar refractivity (Wildman–Crippen MR) is 124 cm³/mol. The Kier molecular flexibility index (Phi) is 5.23. The molecule has 0 fully saturated rings. The minimum Gasteiger partial charge on any atom is -0.321 e. The highest BCUT2D eigenvalue weighted by atomic mass is 16.2. The molecule has 4 rings (SSSR count). The molecule has 0 aliphatic carbocycles. The molecule has 158 valence electrons. The third-order valence-electron chi connectivity index (χ3n) is 5.28. The molecule has 0 saturated heterocycles. The molecule has 0 saturated carbocycles. The van der Waals surface area contributed by atoms with Gasteiger partial charge in [0.1, 0.15) is 5.82 Å². The number of carbonyl (C=O) groups is 2. The molecule has 0 unspecified atom stereocenters. The van der Waals surface area contributed by atoms with Gasteiger partial charge < -0.3 is 10.6 Å². The number of rotatable bonds is 4. The van der Waals surface area contributed by atoms with Gasteiger partial charge in [-0.3, -0.25) is 14.3 Å². The molecule has 31 heavy (non-hydrogen) atoms. The Labute approximate surface area is 182 Å². The van der Waals surface area contributed by atoms with E-state index >= 15 is 0 Å². The zero-order chi connectivity index (χ0) is 22.2. The fourth-order valence-corrected chi connectivity index (χ4v) is 3.50. The van der Waals surface area contributed by atoms with E-state index in [4.69, 9.17) is 0 Å². The summed E-state index contributed by atoms with van der Waals surface area (Å²) in [5, 5.41) is 10.3. The van der Waals surface area contributed by atoms with Gasteiger partial charge in [-0.1, -0.05) is 63.2 Å². The molecule has 2 amide bonds. The van der Waals surface area contributed by atoms with Crippen molar-refractivity contribution in [3.05, 3.63) is 77.0 Å². The summed E-state index contributed by atoms with van der Waals surface area (Å²) in [5.41, 5.74) is 5.04. The zero-order valence-electron chi connectivity index (χ0n) is 18.2. The van der Waals surface area contributed by atoms with Crippen molar-refractivity contribution in [2.24, 2.45) is 7.05 Å². The molecule has 0 bridgehead atoms. The Morgan fingerprint density at radius 1 is 1.13 bits per heavy atom. The number of hydrogen-bond acceptors (Lipinski definition) is 3. The number of aryl methyl sites for hydroxylation is 1. The summed E-state index contributed by atoms with van der Waals surface area (Å²) in [4.78, 5) is 24.8. The molecule has 1 aliphatic rings. The van der Waals surface area contributed by atoms with Gasteiger partial charge in [-0.15, -0.1) is 0 Å². The number of anilines is 2. The topological polar surface area (TPSA) is 76.0 Å². The second-order valence-electron chi connectivity index (χ2n) is 8.81. The molecule has 2 heterocycles. The zero-order valence-corrected chi connectivity index (χ0v) is 18.2. The number of aromatic nitrogens is 2. The Morgan fingerprint density at radius 3 is 2.52 bits per heavy atom. The third-order valence-corrected chi connectivity index (χ3v) is 5.28. The van der Waals surface area contributed by atoms with Crippen molar-refractivity contribution < 1.29 is 9.59 Å². The van der Waals surface area contributed by atoms with Crippen LogP contribution in [0.3, 0.4) is 0 Å². The Morgan fingerprint density at radius 2 is 1.84 bits per heavy atom. The summed E-state index contributed by atoms with van der Waals surface area (Å²) in [6, 6.07) is 17.2. The molecule has 0 atom stereocenters. The van der Waals surface area contributed by atoms with Crippen molar-refractivity contribution in [1.82, 2.24) is 9.78 Å². The van der Waals surface area contributed by atoms with Crippen LogP contribution in [0.4, 0.5) is 11.5 Å². The first-order chi connectivity index (χ1) is 14.7. The Bertz CT molecular complexity index is 1180. The van der Waals surface area contributed by atoms with Crippen LogP contribution < -0.4 is 10.6 Å². The van der Waals surface area contributed by atoms with Gasteiger partial charge in [0.2, 0.25) is 5.91 Å². The van der Waals surface area contributed by atoms with E-state index < -0.39 is 0 Å². The number of hydrogen-bond donors (Lipinski definition) is 2. The molecule has 6 nitrogen and oxygen atoms in total. The van der Waals surface area contributed by atoms with E-state index in [1.807, 2.05) is 67.7 Å². The lowest BCUT2D eigenvalue weighted by Gasteiger charge is -2.13. The van der Waals surface area contributed by atoms with E-state index in [9.17, 15) is 9.59 Å². The lowest BCUT2D eigenvalue weighted by atomic mass is 9.92. The maximum Gasteiger partial charge on any atom is 0.256 e. The monoisotopic (exact) mass is 414 g/mol. The summed E-state index contributed by atoms with van der Waals surface area (Å²) in [5.74, 6) is 0.483. The van der Waals surface area contributed by atoms with Crippen LogP contribution in [-0.2, 0) is 28.5 Å². The van der Waals surface area contributed by atoms with E-state index in [-0.39, 0.29) is 23.7 Å². The maximum atomic E-state index is 12.5. The van der Waals surface area contributed by atoms with Gasteiger partial charge in [-0.25, -0.2) is 0 Å². The molecular formula is C25H26N4O2. The lowest BCUT2D eigenvalue weighted by Crippen LogP contribution is -2.16. The number of nitrogens with one attached hydrogen (secondary N) is 2. The van der Waals surface area contributed by atoms with Gasteiger partial charge in [0.25, 0.3) is 5.91 Å². The van der Waals surface area contributed by atoms with Gasteiger partial charge in [-0.05, 0) is 23.3 Å². The molecule has 2 aromatic carbocycles. The number of fused-ring (bicyclic) bond motifs is 1. The Hall–Kier alpha value is -3.67. The summed E-state index contributed by atoms with van der Waals surface area (Å²) >= 11 is 0. The SMILES string of the molecule is Cn1nc(C(C)(C)C)cc1NC(=O)Cc1ccc(/C=C2\C(=O)Nc3ccccc32)cc1. The summed E-state index contributed by atoms with van der Waals surface area (Å²) in [6.07, 6.45) is 2.13. The number of benzene rings is 2. The van der Waals surface area contributed by atoms with Crippen LogP contribution in [0, 0.1) is 0 Å². The molecule has 3 aromatic rings. The summed E-state index contributed by atoms with van der Waals surface area (Å²) in [7, 11) is 1.82. The number of carbonyl (C=O) groups excluding carboxylic acids is 2. The maximum absolute atomic E-state index is 12.5. The van der Waals surface area contributed by atoms with Crippen LogP contribution >= 0.6 is 0 Å². The van der Waals surface area contributed by atoms with E-state index in [0.29, 0.717) is 11.4 Å². The highest BCUT2D eigenvalue weighted by Crippen LogP contribution is 2.32. The summed E-state index contributed by atoms with van der Waals surface area (Å²) in [6.45, 7) is 6.27. The third kappa shape index (κ3) is 4.43. The smallest absolute Gasteiger partial charge is 0.256 e. The van der Waals surface area contributed by atoms with Gasteiger partial charge >= 0.3 is 0 Å². The minimum atomic E-state index is -0.101. The second-order valence-corrected chi connectivity index (χ2v) is 8.81. The number of nitrogens with zero attached hydrogens (tertiary/aromatic N) is 2. The molecular weight excluding hydrogens is 388 g/mol. The average Bonchev–Trinajstić information content (AvgIpc) is 3.23. The van der Waals surface area contributed by atoms with E-state index in [0.717, 1.165) is 28.1 Å². The standard InChI is InChI=1S/C25H26N4O2/c1-25(2,3)21-15-22(29(4)28-21)27-23(30)14-17-11-9-16(10-12-17)13-19-18-7-5-6-8-20(18)26-24(19)31/h5-13,15H,14H2,1-4H3,(H,26,31)(H,27,30)/b19-13-. The first-order valence-electron chi connectivity index (χ1n) is 10.3. The average molecular weight is 415 g/mol. The largest absolute Gasteiger partial charge is 0.321 e. The highest BCUT2D eigenvalue weighted by Gasteiger charge is 2.23. The molecule has 6 heteroatoms. The number of amides is 2. The fraction of sp³-hybridized carbons (Fsp3) is 0.240. The van der Waals surface area contributed by atoms with Crippen LogP contribution in [0.1, 0.15) is 43.2 Å². The molecule has 1 aromatic heterocycles. The Balaban J connectivity index is 1.44. The number of para-hydroxylation sites is 1. The first-order valence-corrected chi connectivity index (χ1v) is 10.3. The van der Waals surface area contributed by atoms with E-state index in [1.54, 1.807) is 4.68 Å². The lowest BCUT2D eigenvalue weighted by molar-refractivity contribution is -0.115. The van der Waals surface area contributed by atoms with Crippen molar-refractivity contribution in [3.63, 3.8) is 0 Å². The minimum absolute atomic E-state index is 0.0815. The van der Waals surface area contributed by atoms with Crippen LogP contribution in [0.2, 0.25) is 0 Å². The van der Waals surface area contributed by atoms with Crippen molar-refractivity contribution >= 4 is 35.0 Å². The van der Waals surface area contributed by atoms with Crippen molar-refractivity contribution in [2.75, 3.05) is 10.6 Å². The molecule has 0 radical (unpaired) electrons. The van der Waals surface area contributed by atoms with Gasteiger partial charge in [-0.2, -0.15) is 5.10 Å². The highest BCUT2D eigenvalue weighted by molar-refractivity contribution is 6.34. The summed E-state index contributed by atoms with van der Waals surface area (Å²) < 4.78 is 1.69.